The van der Waals surface area contributed by atoms with Crippen molar-refractivity contribution in [2.75, 3.05) is 0 Å². The molecule has 2 nitrogen and oxygen atoms in total. The van der Waals surface area contributed by atoms with Crippen molar-refractivity contribution in [2.24, 2.45) is 5.73 Å². The summed E-state index contributed by atoms with van der Waals surface area (Å²) in [6.45, 7) is 4.28. The molecule has 0 fully saturated rings. The van der Waals surface area contributed by atoms with Crippen molar-refractivity contribution in [1.29, 1.82) is 0 Å². The van der Waals surface area contributed by atoms with Crippen LogP contribution in [0.1, 0.15) is 38.0 Å². The van der Waals surface area contributed by atoms with Gasteiger partial charge in [-0.25, -0.2) is 0 Å². The van der Waals surface area contributed by atoms with Gasteiger partial charge < -0.3 is 10.3 Å². The molecule has 0 amide bonds. The van der Waals surface area contributed by atoms with Crippen molar-refractivity contribution < 1.29 is 0 Å². The van der Waals surface area contributed by atoms with Gasteiger partial charge in [-0.15, -0.1) is 0 Å². The van der Waals surface area contributed by atoms with E-state index in [1.165, 1.54) is 18.5 Å². The summed E-state index contributed by atoms with van der Waals surface area (Å²) in [6, 6.07) is 4.13. The second kappa shape index (κ2) is 4.31. The molecule has 0 bridgehead atoms. The average molecular weight is 166 g/mol. The van der Waals surface area contributed by atoms with Crippen LogP contribution in [0.4, 0.5) is 0 Å². The fourth-order valence-corrected chi connectivity index (χ4v) is 1.40. The molecule has 12 heavy (non-hydrogen) atoms. The molecule has 1 unspecified atom stereocenters. The predicted molar refractivity (Wildman–Crippen MR) is 51.9 cm³/mol. The summed E-state index contributed by atoms with van der Waals surface area (Å²) in [5.74, 6) is 0. The van der Waals surface area contributed by atoms with Crippen molar-refractivity contribution in [3.63, 3.8) is 0 Å². The van der Waals surface area contributed by atoms with Crippen LogP contribution >= 0.6 is 0 Å². The molecule has 1 atom stereocenters. The van der Waals surface area contributed by atoms with E-state index < -0.39 is 0 Å². The second-order valence-corrected chi connectivity index (χ2v) is 3.27. The average Bonchev–Trinajstić information content (AvgIpc) is 2.47. The number of nitrogens with zero attached hydrogens (tertiary/aromatic N) is 1. The Morgan fingerprint density at radius 1 is 1.58 bits per heavy atom. The molecule has 0 saturated heterocycles. The third kappa shape index (κ3) is 2.11. The van der Waals surface area contributed by atoms with Crippen LogP contribution in [0.2, 0.25) is 0 Å². The van der Waals surface area contributed by atoms with Gasteiger partial charge in [0, 0.05) is 11.9 Å². The lowest BCUT2D eigenvalue weighted by Gasteiger charge is -2.15. The van der Waals surface area contributed by atoms with E-state index in [4.69, 9.17) is 5.73 Å². The van der Waals surface area contributed by atoms with Crippen LogP contribution in [0.15, 0.2) is 18.3 Å². The lowest BCUT2D eigenvalue weighted by atomic mass is 10.2. The van der Waals surface area contributed by atoms with Crippen LogP contribution in [0, 0.1) is 6.92 Å². The number of aryl methyl sites for hydroxylation is 1. The van der Waals surface area contributed by atoms with Crippen LogP contribution in [0.5, 0.6) is 0 Å². The van der Waals surface area contributed by atoms with E-state index in [2.05, 4.69) is 30.7 Å². The predicted octanol–water partition coefficient (Wildman–Crippen LogP) is 2.44. The fourth-order valence-electron chi connectivity index (χ4n) is 1.40. The number of nitrogens with two attached hydrogens (primary N) is 1. The molecule has 0 spiro atoms. The van der Waals surface area contributed by atoms with Gasteiger partial charge in [-0.2, -0.15) is 0 Å². The summed E-state index contributed by atoms with van der Waals surface area (Å²) in [7, 11) is 0. The van der Waals surface area contributed by atoms with E-state index >= 15 is 0 Å². The molecule has 0 radical (unpaired) electrons. The highest BCUT2D eigenvalue weighted by Crippen LogP contribution is 2.12. The van der Waals surface area contributed by atoms with E-state index in [0.29, 0.717) is 0 Å². The Kier molecular flexibility index (Phi) is 3.35. The highest BCUT2D eigenvalue weighted by Gasteiger charge is 2.04. The summed E-state index contributed by atoms with van der Waals surface area (Å²) < 4.78 is 2.13. The summed E-state index contributed by atoms with van der Waals surface area (Å²) in [5, 5.41) is 0. The highest BCUT2D eigenvalue weighted by atomic mass is 15.1. The van der Waals surface area contributed by atoms with E-state index in [0.717, 1.165) is 6.42 Å². The van der Waals surface area contributed by atoms with Crippen LogP contribution in [-0.4, -0.2) is 4.57 Å². The molecular formula is C10H18N2. The first-order valence-corrected chi connectivity index (χ1v) is 4.64. The summed E-state index contributed by atoms with van der Waals surface area (Å²) in [6.07, 6.45) is 5.72. The van der Waals surface area contributed by atoms with Gasteiger partial charge in [0.25, 0.3) is 0 Å². The monoisotopic (exact) mass is 166 g/mol. The zero-order valence-electron chi connectivity index (χ0n) is 7.96. The van der Waals surface area contributed by atoms with Crippen molar-refractivity contribution in [3.05, 3.63) is 24.0 Å². The SMILES string of the molecule is CCCCC(N)n1cccc1C. The summed E-state index contributed by atoms with van der Waals surface area (Å²) in [4.78, 5) is 0. The molecule has 1 aromatic heterocycles. The van der Waals surface area contributed by atoms with Crippen molar-refractivity contribution in [3.8, 4) is 0 Å². The summed E-state index contributed by atoms with van der Waals surface area (Å²) >= 11 is 0. The Morgan fingerprint density at radius 3 is 2.83 bits per heavy atom. The normalized spacial score (nSPS) is 13.2. The maximum Gasteiger partial charge on any atom is 0.0811 e. The van der Waals surface area contributed by atoms with Crippen LogP contribution in [0.25, 0.3) is 0 Å². The van der Waals surface area contributed by atoms with E-state index in [9.17, 15) is 0 Å². The van der Waals surface area contributed by atoms with Crippen molar-refractivity contribution >= 4 is 0 Å². The minimum Gasteiger partial charge on any atom is -0.336 e. The van der Waals surface area contributed by atoms with Crippen LogP contribution in [0.3, 0.4) is 0 Å². The quantitative estimate of drug-likeness (QED) is 0.731. The molecule has 2 N–H and O–H groups in total. The standard InChI is InChI=1S/C10H18N2/c1-3-4-7-10(11)12-8-5-6-9(12)2/h5-6,8,10H,3-4,7,11H2,1-2H3. The van der Waals surface area contributed by atoms with Crippen LogP contribution in [-0.2, 0) is 0 Å². The number of rotatable bonds is 4. The van der Waals surface area contributed by atoms with Gasteiger partial charge >= 0.3 is 0 Å². The molecule has 0 aliphatic carbocycles. The number of unbranched alkanes of at least 4 members (excludes halogenated alkanes) is 1. The minimum atomic E-state index is 0.167. The van der Waals surface area contributed by atoms with E-state index in [1.54, 1.807) is 0 Å². The van der Waals surface area contributed by atoms with Crippen molar-refractivity contribution in [2.45, 2.75) is 39.3 Å². The van der Waals surface area contributed by atoms with Gasteiger partial charge in [-0.1, -0.05) is 19.8 Å². The van der Waals surface area contributed by atoms with Gasteiger partial charge in [0.2, 0.25) is 0 Å². The molecule has 1 heterocycles. The van der Waals surface area contributed by atoms with Crippen LogP contribution < -0.4 is 5.73 Å². The lowest BCUT2D eigenvalue weighted by Crippen LogP contribution is -2.18. The fraction of sp³-hybridized carbons (Fsp3) is 0.600. The maximum atomic E-state index is 5.99. The largest absolute Gasteiger partial charge is 0.336 e. The molecule has 0 aliphatic heterocycles. The Labute approximate surface area is 74.4 Å². The first kappa shape index (κ1) is 9.33. The first-order valence-electron chi connectivity index (χ1n) is 4.64. The Morgan fingerprint density at radius 2 is 2.33 bits per heavy atom. The summed E-state index contributed by atoms with van der Waals surface area (Å²) in [5.41, 5.74) is 7.24. The first-order chi connectivity index (χ1) is 5.75. The number of aromatic nitrogens is 1. The maximum absolute atomic E-state index is 5.99. The van der Waals surface area contributed by atoms with Gasteiger partial charge in [0.15, 0.2) is 0 Å². The molecule has 0 saturated carbocycles. The zero-order valence-corrected chi connectivity index (χ0v) is 7.96. The third-order valence-corrected chi connectivity index (χ3v) is 2.20. The third-order valence-electron chi connectivity index (χ3n) is 2.20. The minimum absolute atomic E-state index is 0.167. The zero-order chi connectivity index (χ0) is 8.97. The molecule has 0 aromatic carbocycles. The highest BCUT2D eigenvalue weighted by molar-refractivity contribution is 5.05. The number of hydrogen-bond acceptors (Lipinski definition) is 1. The second-order valence-electron chi connectivity index (χ2n) is 3.27. The van der Waals surface area contributed by atoms with Gasteiger partial charge in [0.1, 0.15) is 0 Å². The van der Waals surface area contributed by atoms with Gasteiger partial charge in [0.05, 0.1) is 6.17 Å². The van der Waals surface area contributed by atoms with Gasteiger partial charge in [-0.3, -0.25) is 0 Å². The molecule has 2 heteroatoms. The molecule has 0 aliphatic rings. The molecular weight excluding hydrogens is 148 g/mol. The van der Waals surface area contributed by atoms with E-state index in [-0.39, 0.29) is 6.17 Å². The molecule has 1 aromatic rings. The van der Waals surface area contributed by atoms with Crippen molar-refractivity contribution in [1.82, 2.24) is 4.57 Å². The smallest absolute Gasteiger partial charge is 0.0811 e. The lowest BCUT2D eigenvalue weighted by molar-refractivity contribution is 0.458. The Hall–Kier alpha value is -0.760. The molecule has 68 valence electrons. The van der Waals surface area contributed by atoms with Gasteiger partial charge in [-0.05, 0) is 25.5 Å². The Bertz CT molecular complexity index is 227. The Balaban J connectivity index is 2.52. The topological polar surface area (TPSA) is 30.9 Å². The number of hydrogen-bond donors (Lipinski definition) is 1. The van der Waals surface area contributed by atoms with E-state index in [1.807, 2.05) is 6.07 Å². The molecule has 1 rings (SSSR count).